The van der Waals surface area contributed by atoms with Crippen LogP contribution >= 0.6 is 0 Å². The van der Waals surface area contributed by atoms with E-state index in [1.807, 2.05) is 61.5 Å². The standard InChI is InChI=1S/C22H18N2O3/c1-13-20(16-8-4-6-10-18(16)23-13)21(25)14(2)27-22(26)19-12-11-15-7-3-5-9-17(15)24-19/h3-12,14,23H,1-2H3. The van der Waals surface area contributed by atoms with E-state index in [9.17, 15) is 9.59 Å². The molecule has 0 bridgehead atoms. The highest BCUT2D eigenvalue weighted by atomic mass is 16.5. The van der Waals surface area contributed by atoms with E-state index >= 15 is 0 Å². The Hall–Kier alpha value is -3.47. The van der Waals surface area contributed by atoms with E-state index in [4.69, 9.17) is 4.74 Å². The monoisotopic (exact) mass is 358 g/mol. The molecule has 2 heterocycles. The number of Topliss-reactive ketones (excluding diaryl/α,β-unsaturated/α-hetero) is 1. The van der Waals surface area contributed by atoms with E-state index < -0.39 is 12.1 Å². The Morgan fingerprint density at radius 1 is 1.00 bits per heavy atom. The highest BCUT2D eigenvalue weighted by Crippen LogP contribution is 2.24. The second kappa shape index (κ2) is 6.68. The minimum absolute atomic E-state index is 0.184. The van der Waals surface area contributed by atoms with Crippen molar-refractivity contribution >= 4 is 33.6 Å². The van der Waals surface area contributed by atoms with Crippen molar-refractivity contribution in [3.05, 3.63) is 77.6 Å². The smallest absolute Gasteiger partial charge is 0.357 e. The summed E-state index contributed by atoms with van der Waals surface area (Å²) in [6.45, 7) is 3.43. The molecule has 0 aliphatic carbocycles. The molecule has 2 aromatic carbocycles. The van der Waals surface area contributed by atoms with Gasteiger partial charge in [0.05, 0.1) is 5.52 Å². The molecule has 27 heavy (non-hydrogen) atoms. The number of hydrogen-bond donors (Lipinski definition) is 1. The molecule has 0 saturated carbocycles. The lowest BCUT2D eigenvalue weighted by molar-refractivity contribution is 0.0314. The zero-order valence-corrected chi connectivity index (χ0v) is 15.0. The first-order chi connectivity index (χ1) is 13.0. The Labute approximate surface area is 156 Å². The maximum atomic E-state index is 12.9. The summed E-state index contributed by atoms with van der Waals surface area (Å²) in [7, 11) is 0. The molecule has 0 aliphatic rings. The van der Waals surface area contributed by atoms with Crippen molar-refractivity contribution in [1.29, 1.82) is 0 Å². The molecule has 134 valence electrons. The van der Waals surface area contributed by atoms with Crippen LogP contribution in [0.25, 0.3) is 21.8 Å². The number of nitrogens with zero attached hydrogens (tertiary/aromatic N) is 1. The van der Waals surface area contributed by atoms with E-state index in [0.717, 1.165) is 22.0 Å². The summed E-state index contributed by atoms with van der Waals surface area (Å²) in [5.41, 5.74) is 3.08. The van der Waals surface area contributed by atoms with Gasteiger partial charge in [0.25, 0.3) is 0 Å². The van der Waals surface area contributed by atoms with Crippen molar-refractivity contribution in [2.45, 2.75) is 20.0 Å². The van der Waals surface area contributed by atoms with Gasteiger partial charge in [-0.1, -0.05) is 42.5 Å². The molecule has 1 unspecified atom stereocenters. The first-order valence-electron chi connectivity index (χ1n) is 8.73. The van der Waals surface area contributed by atoms with Crippen LogP contribution in [0.5, 0.6) is 0 Å². The second-order valence-corrected chi connectivity index (χ2v) is 6.47. The fourth-order valence-corrected chi connectivity index (χ4v) is 3.25. The SMILES string of the molecule is Cc1[nH]c2ccccc2c1C(=O)C(C)OC(=O)c1ccc2ccccc2n1. The number of carbonyl (C=O) groups excluding carboxylic acids is 2. The second-order valence-electron chi connectivity index (χ2n) is 6.47. The zero-order valence-electron chi connectivity index (χ0n) is 15.0. The fourth-order valence-electron chi connectivity index (χ4n) is 3.25. The number of benzene rings is 2. The van der Waals surface area contributed by atoms with Crippen LogP contribution < -0.4 is 0 Å². The predicted octanol–water partition coefficient (Wildman–Crippen LogP) is 4.45. The zero-order chi connectivity index (χ0) is 19.0. The first kappa shape index (κ1) is 17.0. The van der Waals surface area contributed by atoms with E-state index in [1.165, 1.54) is 0 Å². The van der Waals surface area contributed by atoms with Gasteiger partial charge >= 0.3 is 5.97 Å². The van der Waals surface area contributed by atoms with Crippen LogP contribution in [0, 0.1) is 6.92 Å². The number of ketones is 1. The number of H-pyrrole nitrogens is 1. The van der Waals surface area contributed by atoms with Crippen LogP contribution in [0.3, 0.4) is 0 Å². The summed E-state index contributed by atoms with van der Waals surface area (Å²) in [6.07, 6.45) is -0.913. The number of nitrogens with one attached hydrogen (secondary N) is 1. The number of aromatic amines is 1. The van der Waals surface area contributed by atoms with Crippen molar-refractivity contribution in [3.63, 3.8) is 0 Å². The van der Waals surface area contributed by atoms with Gasteiger partial charge in [-0.3, -0.25) is 4.79 Å². The van der Waals surface area contributed by atoms with Crippen LogP contribution in [0.1, 0.15) is 33.5 Å². The predicted molar refractivity (Wildman–Crippen MR) is 104 cm³/mol. The number of ether oxygens (including phenoxy) is 1. The molecule has 0 saturated heterocycles. The molecule has 0 spiro atoms. The van der Waals surface area contributed by atoms with Gasteiger partial charge in [-0.05, 0) is 32.0 Å². The van der Waals surface area contributed by atoms with E-state index in [2.05, 4.69) is 9.97 Å². The molecular formula is C22H18N2O3. The molecule has 4 rings (SSSR count). The van der Waals surface area contributed by atoms with Crippen LogP contribution in [0.4, 0.5) is 0 Å². The van der Waals surface area contributed by atoms with Gasteiger partial charge < -0.3 is 9.72 Å². The van der Waals surface area contributed by atoms with Crippen molar-refractivity contribution in [3.8, 4) is 0 Å². The van der Waals surface area contributed by atoms with Gasteiger partial charge in [0, 0.05) is 27.5 Å². The number of rotatable bonds is 4. The number of fused-ring (bicyclic) bond motifs is 2. The number of aromatic nitrogens is 2. The summed E-state index contributed by atoms with van der Waals surface area (Å²) in [4.78, 5) is 32.9. The third kappa shape index (κ3) is 3.08. The Morgan fingerprint density at radius 3 is 2.59 bits per heavy atom. The average Bonchev–Trinajstić information content (AvgIpc) is 3.02. The molecule has 0 radical (unpaired) electrons. The van der Waals surface area contributed by atoms with Crippen LogP contribution in [0.2, 0.25) is 0 Å². The number of para-hydroxylation sites is 2. The number of aryl methyl sites for hydroxylation is 1. The third-order valence-corrected chi connectivity index (χ3v) is 4.60. The average molecular weight is 358 g/mol. The minimum atomic E-state index is -0.913. The minimum Gasteiger partial charge on any atom is -0.450 e. The van der Waals surface area contributed by atoms with Crippen molar-refractivity contribution in [2.24, 2.45) is 0 Å². The van der Waals surface area contributed by atoms with Gasteiger partial charge in [0.15, 0.2) is 6.10 Å². The maximum absolute atomic E-state index is 12.9. The van der Waals surface area contributed by atoms with E-state index in [0.29, 0.717) is 11.1 Å². The molecule has 1 N–H and O–H groups in total. The van der Waals surface area contributed by atoms with Gasteiger partial charge in [-0.2, -0.15) is 0 Å². The van der Waals surface area contributed by atoms with Gasteiger partial charge in [-0.25, -0.2) is 9.78 Å². The lowest BCUT2D eigenvalue weighted by Crippen LogP contribution is -2.25. The Kier molecular flexibility index (Phi) is 4.20. The van der Waals surface area contributed by atoms with Crippen LogP contribution in [-0.4, -0.2) is 27.8 Å². The van der Waals surface area contributed by atoms with E-state index in [1.54, 1.807) is 13.0 Å². The Balaban J connectivity index is 1.58. The summed E-state index contributed by atoms with van der Waals surface area (Å²) >= 11 is 0. The number of carbonyl (C=O) groups is 2. The van der Waals surface area contributed by atoms with Crippen molar-refractivity contribution in [2.75, 3.05) is 0 Å². The molecule has 1 atom stereocenters. The van der Waals surface area contributed by atoms with Crippen LogP contribution in [0.15, 0.2) is 60.7 Å². The Morgan fingerprint density at radius 2 is 1.74 bits per heavy atom. The molecular weight excluding hydrogens is 340 g/mol. The topological polar surface area (TPSA) is 72.1 Å². The molecule has 5 nitrogen and oxygen atoms in total. The quantitative estimate of drug-likeness (QED) is 0.432. The highest BCUT2D eigenvalue weighted by molar-refractivity contribution is 6.11. The molecule has 0 amide bonds. The van der Waals surface area contributed by atoms with Gasteiger partial charge in [0.2, 0.25) is 5.78 Å². The summed E-state index contributed by atoms with van der Waals surface area (Å²) < 4.78 is 5.41. The molecule has 0 aliphatic heterocycles. The summed E-state index contributed by atoms with van der Waals surface area (Å²) in [5.74, 6) is -0.849. The lowest BCUT2D eigenvalue weighted by atomic mass is 10.0. The van der Waals surface area contributed by atoms with Crippen molar-refractivity contribution in [1.82, 2.24) is 9.97 Å². The molecule has 5 heteroatoms. The lowest BCUT2D eigenvalue weighted by Gasteiger charge is -2.12. The Bertz CT molecular complexity index is 1180. The number of pyridine rings is 1. The fraction of sp³-hybridized carbons (Fsp3) is 0.136. The summed E-state index contributed by atoms with van der Waals surface area (Å²) in [5, 5.41) is 1.76. The maximum Gasteiger partial charge on any atom is 0.357 e. The largest absolute Gasteiger partial charge is 0.450 e. The highest BCUT2D eigenvalue weighted by Gasteiger charge is 2.25. The van der Waals surface area contributed by atoms with E-state index in [-0.39, 0.29) is 11.5 Å². The van der Waals surface area contributed by atoms with Crippen molar-refractivity contribution < 1.29 is 14.3 Å². The van der Waals surface area contributed by atoms with Crippen LogP contribution in [-0.2, 0) is 4.74 Å². The molecule has 0 fully saturated rings. The molecule has 2 aromatic heterocycles. The normalized spacial score (nSPS) is 12.2. The molecule has 4 aromatic rings. The first-order valence-corrected chi connectivity index (χ1v) is 8.73. The summed E-state index contributed by atoms with van der Waals surface area (Å²) in [6, 6.07) is 18.5. The number of esters is 1. The van der Waals surface area contributed by atoms with Gasteiger partial charge in [-0.15, -0.1) is 0 Å². The number of hydrogen-bond acceptors (Lipinski definition) is 4. The van der Waals surface area contributed by atoms with Gasteiger partial charge in [0.1, 0.15) is 5.69 Å². The third-order valence-electron chi connectivity index (χ3n) is 4.60.